The van der Waals surface area contributed by atoms with Crippen molar-refractivity contribution in [2.45, 2.75) is 38.1 Å². The van der Waals surface area contributed by atoms with Gasteiger partial charge in [0.25, 0.3) is 0 Å². The molecule has 26 heavy (non-hydrogen) atoms. The fourth-order valence-corrected chi connectivity index (χ4v) is 4.20. The van der Waals surface area contributed by atoms with Crippen molar-refractivity contribution in [3.8, 4) is 0 Å². The van der Waals surface area contributed by atoms with Crippen molar-refractivity contribution in [3.05, 3.63) is 35.9 Å². The zero-order valence-corrected chi connectivity index (χ0v) is 15.3. The molecule has 0 aliphatic carbocycles. The number of likely N-dealkylation sites (tertiary alicyclic amines) is 2. The molecule has 0 radical (unpaired) electrons. The highest BCUT2D eigenvalue weighted by Crippen LogP contribution is 2.40. The van der Waals surface area contributed by atoms with Crippen LogP contribution in [0.5, 0.6) is 0 Å². The number of hydrogen-bond donors (Lipinski definition) is 2. The maximum Gasteiger partial charge on any atom is 0.224 e. The van der Waals surface area contributed by atoms with E-state index in [1.165, 1.54) is 0 Å². The van der Waals surface area contributed by atoms with Crippen molar-refractivity contribution >= 4 is 11.8 Å². The lowest BCUT2D eigenvalue weighted by atomic mass is 9.72. The molecule has 0 saturated carbocycles. The number of benzene rings is 1. The van der Waals surface area contributed by atoms with Gasteiger partial charge >= 0.3 is 0 Å². The Hall–Kier alpha value is -1.92. The molecule has 3 N–H and O–H groups in total. The fraction of sp³-hybridized carbons (Fsp3) is 0.600. The third-order valence-electron chi connectivity index (χ3n) is 5.92. The van der Waals surface area contributed by atoms with E-state index in [1.54, 1.807) is 4.90 Å². The zero-order valence-electron chi connectivity index (χ0n) is 15.3. The molecule has 3 rings (SSSR count). The molecule has 2 amide bonds. The minimum Gasteiger partial charge on any atom is -0.395 e. The Morgan fingerprint density at radius 2 is 1.88 bits per heavy atom. The minimum atomic E-state index is -0.271. The molecule has 6 heteroatoms. The van der Waals surface area contributed by atoms with Crippen molar-refractivity contribution in [2.24, 2.45) is 11.1 Å². The molecule has 1 spiro atoms. The Balaban J connectivity index is 1.53. The van der Waals surface area contributed by atoms with Gasteiger partial charge in [-0.15, -0.1) is 0 Å². The van der Waals surface area contributed by atoms with Gasteiger partial charge in [0.15, 0.2) is 0 Å². The van der Waals surface area contributed by atoms with Crippen molar-refractivity contribution in [1.29, 1.82) is 0 Å². The molecule has 1 atom stereocenters. The highest BCUT2D eigenvalue weighted by atomic mass is 16.3. The standard InChI is InChI=1S/C20H29N3O3/c21-17(16-4-2-1-3-5-16)14-19(26)22-10-8-20(9-11-22)7-6-18(25)23(15-20)12-13-24/h1-5,17,24H,6-15,21H2. The average Bonchev–Trinajstić information content (AvgIpc) is 2.66. The molecular weight excluding hydrogens is 330 g/mol. The van der Waals surface area contributed by atoms with Crippen LogP contribution in [0.25, 0.3) is 0 Å². The van der Waals surface area contributed by atoms with Crippen LogP contribution in [0.4, 0.5) is 0 Å². The SMILES string of the molecule is NC(CC(=O)N1CCC2(CCC(=O)N(CCO)C2)CC1)c1ccccc1. The quantitative estimate of drug-likeness (QED) is 0.830. The van der Waals surface area contributed by atoms with Crippen LogP contribution in [0.3, 0.4) is 0 Å². The normalized spacial score (nSPS) is 21.1. The van der Waals surface area contributed by atoms with E-state index in [9.17, 15) is 9.59 Å². The van der Waals surface area contributed by atoms with E-state index < -0.39 is 0 Å². The Morgan fingerprint density at radius 1 is 1.19 bits per heavy atom. The zero-order chi connectivity index (χ0) is 18.6. The Morgan fingerprint density at radius 3 is 2.54 bits per heavy atom. The summed E-state index contributed by atoms with van der Waals surface area (Å²) in [5.74, 6) is 0.243. The topological polar surface area (TPSA) is 86.9 Å². The van der Waals surface area contributed by atoms with Gasteiger partial charge in [0.05, 0.1) is 6.61 Å². The third kappa shape index (κ3) is 4.24. The Bertz CT molecular complexity index is 626. The van der Waals surface area contributed by atoms with Crippen LogP contribution >= 0.6 is 0 Å². The van der Waals surface area contributed by atoms with E-state index in [1.807, 2.05) is 35.2 Å². The van der Waals surface area contributed by atoms with Crippen LogP contribution in [0.2, 0.25) is 0 Å². The molecule has 2 aliphatic heterocycles. The summed E-state index contributed by atoms with van der Waals surface area (Å²) in [7, 11) is 0. The van der Waals surface area contributed by atoms with Gasteiger partial charge in [-0.05, 0) is 30.2 Å². The molecule has 2 heterocycles. The lowest BCUT2D eigenvalue weighted by Gasteiger charge is -2.47. The number of aliphatic hydroxyl groups is 1. The molecular formula is C20H29N3O3. The minimum absolute atomic E-state index is 0.00378. The lowest BCUT2D eigenvalue weighted by Crippen LogP contribution is -2.53. The predicted octanol–water partition coefficient (Wildman–Crippen LogP) is 1.30. The van der Waals surface area contributed by atoms with E-state index in [4.69, 9.17) is 10.8 Å². The van der Waals surface area contributed by atoms with E-state index in [0.29, 0.717) is 25.9 Å². The number of nitrogens with two attached hydrogens (primary N) is 1. The summed E-state index contributed by atoms with van der Waals surface area (Å²) < 4.78 is 0. The van der Waals surface area contributed by atoms with E-state index in [2.05, 4.69) is 0 Å². The van der Waals surface area contributed by atoms with Crippen molar-refractivity contribution in [2.75, 3.05) is 32.8 Å². The second kappa shape index (κ2) is 8.18. The first-order valence-electron chi connectivity index (χ1n) is 9.50. The molecule has 0 bridgehead atoms. The van der Waals surface area contributed by atoms with Crippen LogP contribution in [-0.4, -0.2) is 59.5 Å². The molecule has 6 nitrogen and oxygen atoms in total. The van der Waals surface area contributed by atoms with E-state index in [0.717, 1.165) is 37.9 Å². The molecule has 2 fully saturated rings. The summed E-state index contributed by atoms with van der Waals surface area (Å²) in [6.07, 6.45) is 3.58. The summed E-state index contributed by atoms with van der Waals surface area (Å²) in [6, 6.07) is 9.46. The molecule has 1 aromatic carbocycles. The van der Waals surface area contributed by atoms with Crippen LogP contribution < -0.4 is 5.73 Å². The number of piperidine rings is 2. The summed E-state index contributed by atoms with van der Waals surface area (Å²) in [6.45, 7) is 2.57. The van der Waals surface area contributed by atoms with E-state index in [-0.39, 0.29) is 29.9 Å². The van der Waals surface area contributed by atoms with Gasteiger partial charge in [0, 0.05) is 45.1 Å². The predicted molar refractivity (Wildman–Crippen MR) is 99.1 cm³/mol. The summed E-state index contributed by atoms with van der Waals surface area (Å²) >= 11 is 0. The Kier molecular flexibility index (Phi) is 5.94. The van der Waals surface area contributed by atoms with Crippen LogP contribution in [-0.2, 0) is 9.59 Å². The van der Waals surface area contributed by atoms with Gasteiger partial charge in [0.2, 0.25) is 11.8 Å². The van der Waals surface area contributed by atoms with Gasteiger partial charge in [-0.25, -0.2) is 0 Å². The van der Waals surface area contributed by atoms with E-state index >= 15 is 0 Å². The van der Waals surface area contributed by atoms with Gasteiger partial charge in [-0.3, -0.25) is 9.59 Å². The van der Waals surface area contributed by atoms with Crippen LogP contribution in [0.1, 0.15) is 43.7 Å². The van der Waals surface area contributed by atoms with Crippen molar-refractivity contribution < 1.29 is 14.7 Å². The number of amides is 2. The van der Waals surface area contributed by atoms with Crippen LogP contribution in [0, 0.1) is 5.41 Å². The maximum absolute atomic E-state index is 12.6. The number of carbonyl (C=O) groups is 2. The highest BCUT2D eigenvalue weighted by molar-refractivity contribution is 5.78. The first kappa shape index (κ1) is 18.9. The number of nitrogens with zero attached hydrogens (tertiary/aromatic N) is 2. The van der Waals surface area contributed by atoms with Crippen molar-refractivity contribution in [1.82, 2.24) is 9.80 Å². The summed E-state index contributed by atoms with van der Waals surface area (Å²) in [5.41, 5.74) is 7.27. The van der Waals surface area contributed by atoms with Gasteiger partial charge in [0.1, 0.15) is 0 Å². The molecule has 0 aromatic heterocycles. The molecule has 2 saturated heterocycles. The van der Waals surface area contributed by atoms with Crippen molar-refractivity contribution in [3.63, 3.8) is 0 Å². The smallest absolute Gasteiger partial charge is 0.224 e. The fourth-order valence-electron chi connectivity index (χ4n) is 4.20. The van der Waals surface area contributed by atoms with Crippen LogP contribution in [0.15, 0.2) is 30.3 Å². The monoisotopic (exact) mass is 359 g/mol. The maximum atomic E-state index is 12.6. The second-order valence-electron chi connectivity index (χ2n) is 7.64. The van der Waals surface area contributed by atoms with Gasteiger partial charge in [-0.2, -0.15) is 0 Å². The first-order valence-corrected chi connectivity index (χ1v) is 9.50. The molecule has 1 aromatic rings. The van der Waals surface area contributed by atoms with Gasteiger partial charge in [-0.1, -0.05) is 30.3 Å². The molecule has 142 valence electrons. The third-order valence-corrected chi connectivity index (χ3v) is 5.92. The molecule has 1 unspecified atom stereocenters. The number of hydrogen-bond acceptors (Lipinski definition) is 4. The number of β-amino-alcohol motifs (C(OH)–C–C–N with tert-alkyl or cyclic N) is 1. The average molecular weight is 359 g/mol. The number of aliphatic hydroxyl groups excluding tert-OH is 1. The number of rotatable bonds is 5. The highest BCUT2D eigenvalue weighted by Gasteiger charge is 2.41. The number of carbonyl (C=O) groups excluding carboxylic acids is 2. The van der Waals surface area contributed by atoms with Gasteiger partial charge < -0.3 is 20.6 Å². The second-order valence-corrected chi connectivity index (χ2v) is 7.64. The lowest BCUT2D eigenvalue weighted by molar-refractivity contribution is -0.143. The largest absolute Gasteiger partial charge is 0.395 e. The first-order chi connectivity index (χ1) is 12.5. The molecule has 2 aliphatic rings. The Labute approximate surface area is 155 Å². The summed E-state index contributed by atoms with van der Waals surface area (Å²) in [4.78, 5) is 28.3. The summed E-state index contributed by atoms with van der Waals surface area (Å²) in [5, 5.41) is 9.16.